The van der Waals surface area contributed by atoms with Crippen LogP contribution in [0.25, 0.3) is 0 Å². The maximum absolute atomic E-state index is 5.33. The van der Waals surface area contributed by atoms with E-state index in [9.17, 15) is 0 Å². The number of methoxy groups -OCH3 is 1. The summed E-state index contributed by atoms with van der Waals surface area (Å²) in [6.07, 6.45) is 4.59. The lowest BCUT2D eigenvalue weighted by Gasteiger charge is -2.21. The van der Waals surface area contributed by atoms with E-state index >= 15 is 0 Å². The van der Waals surface area contributed by atoms with Crippen molar-refractivity contribution in [3.63, 3.8) is 0 Å². The van der Waals surface area contributed by atoms with Gasteiger partial charge >= 0.3 is 0 Å². The van der Waals surface area contributed by atoms with Gasteiger partial charge in [-0.05, 0) is 31.9 Å². The number of rotatable bonds is 8. The van der Waals surface area contributed by atoms with Crippen LogP contribution in [0, 0.1) is 0 Å². The van der Waals surface area contributed by atoms with E-state index in [1.165, 1.54) is 5.56 Å². The van der Waals surface area contributed by atoms with Crippen LogP contribution in [0.5, 0.6) is 0 Å². The quantitative estimate of drug-likeness (QED) is 0.350. The van der Waals surface area contributed by atoms with Gasteiger partial charge in [-0.25, -0.2) is 4.98 Å². The Hall–Kier alpha value is -1.26. The summed E-state index contributed by atoms with van der Waals surface area (Å²) in [5, 5.41) is 6.43. The third-order valence-corrected chi connectivity index (χ3v) is 4.81. The fourth-order valence-corrected chi connectivity index (χ4v) is 3.15. The number of thiazole rings is 1. The average molecular weight is 489 g/mol. The van der Waals surface area contributed by atoms with E-state index in [1.807, 2.05) is 26.2 Å². The first-order valence-corrected chi connectivity index (χ1v) is 9.37. The number of guanidine groups is 1. The minimum atomic E-state index is 0. The molecule has 2 rings (SSSR count). The van der Waals surface area contributed by atoms with Crippen LogP contribution in [0.2, 0.25) is 0 Å². The number of aromatic nitrogens is 2. The summed E-state index contributed by atoms with van der Waals surface area (Å²) in [5.41, 5.74) is 2.23. The predicted octanol–water partition coefficient (Wildman–Crippen LogP) is 3.50. The van der Waals surface area contributed by atoms with Gasteiger partial charge < -0.3 is 15.0 Å². The second kappa shape index (κ2) is 12.2. The number of nitrogens with zero attached hydrogens (tertiary/aromatic N) is 4. The molecule has 0 saturated carbocycles. The number of hydrogen-bond acceptors (Lipinski definition) is 5. The number of aliphatic imine (C=N–C) groups is 1. The largest absolute Gasteiger partial charge is 0.375 e. The highest BCUT2D eigenvalue weighted by atomic mass is 127. The normalized spacial score (nSPS) is 12.4. The predicted molar refractivity (Wildman–Crippen MR) is 118 cm³/mol. The van der Waals surface area contributed by atoms with E-state index in [2.05, 4.69) is 38.6 Å². The summed E-state index contributed by atoms with van der Waals surface area (Å²) in [7, 11) is 3.74. The Bertz CT molecular complexity index is 665. The molecule has 0 amide bonds. The Labute approximate surface area is 177 Å². The van der Waals surface area contributed by atoms with E-state index in [4.69, 9.17) is 9.73 Å². The van der Waals surface area contributed by atoms with Crippen LogP contribution >= 0.6 is 35.3 Å². The Morgan fingerprint density at radius 1 is 1.46 bits per heavy atom. The molecular weight excluding hydrogens is 461 g/mol. The van der Waals surface area contributed by atoms with Gasteiger partial charge in [-0.1, -0.05) is 6.07 Å². The molecule has 1 atom stereocenters. The van der Waals surface area contributed by atoms with Crippen molar-refractivity contribution in [3.8, 4) is 0 Å². The second-order valence-corrected chi connectivity index (χ2v) is 6.65. The van der Waals surface area contributed by atoms with Crippen LogP contribution in [0.1, 0.15) is 36.2 Å². The molecule has 2 aromatic heterocycles. The molecule has 1 unspecified atom stereocenters. The topological polar surface area (TPSA) is 62.6 Å². The highest BCUT2D eigenvalue weighted by molar-refractivity contribution is 14.0. The van der Waals surface area contributed by atoms with Crippen LogP contribution in [-0.4, -0.2) is 48.1 Å². The van der Waals surface area contributed by atoms with E-state index in [0.717, 1.165) is 36.2 Å². The molecule has 26 heavy (non-hydrogen) atoms. The molecule has 0 aliphatic rings. The van der Waals surface area contributed by atoms with Gasteiger partial charge in [0.25, 0.3) is 0 Å². The third-order valence-electron chi connectivity index (χ3n) is 3.75. The molecule has 0 aliphatic carbocycles. The standard InChI is InChI=1S/C18H27N5OS.HI/c1-5-20-18(21-10-8-15-7-6-9-19-11-15)23(3)12-16-13-25-17(22-16)14(2)24-4;/h6-7,9,11,13-14H,5,8,10,12H2,1-4H3,(H,20,21);1H. The van der Waals surface area contributed by atoms with Gasteiger partial charge in [0.2, 0.25) is 0 Å². The molecule has 0 bridgehead atoms. The van der Waals surface area contributed by atoms with Crippen molar-refractivity contribution < 1.29 is 4.74 Å². The van der Waals surface area contributed by atoms with Gasteiger partial charge in [0.15, 0.2) is 5.96 Å². The molecule has 0 radical (unpaired) electrons. The van der Waals surface area contributed by atoms with Crippen LogP contribution in [0.15, 0.2) is 34.9 Å². The summed E-state index contributed by atoms with van der Waals surface area (Å²) in [4.78, 5) is 15.6. The maximum Gasteiger partial charge on any atom is 0.194 e. The monoisotopic (exact) mass is 489 g/mol. The molecule has 0 saturated heterocycles. The Balaban J connectivity index is 0.00000338. The fraction of sp³-hybridized carbons (Fsp3) is 0.500. The van der Waals surface area contributed by atoms with Gasteiger partial charge in [0, 0.05) is 45.0 Å². The minimum absolute atomic E-state index is 0. The first-order chi connectivity index (χ1) is 12.1. The van der Waals surface area contributed by atoms with E-state index < -0.39 is 0 Å². The van der Waals surface area contributed by atoms with Crippen LogP contribution in [-0.2, 0) is 17.7 Å². The van der Waals surface area contributed by atoms with Crippen molar-refractivity contribution in [2.45, 2.75) is 32.9 Å². The fourth-order valence-electron chi connectivity index (χ4n) is 2.31. The lowest BCUT2D eigenvalue weighted by Crippen LogP contribution is -2.38. The van der Waals surface area contributed by atoms with Crippen molar-refractivity contribution >= 4 is 41.3 Å². The zero-order valence-corrected chi connectivity index (χ0v) is 19.0. The molecule has 2 heterocycles. The number of ether oxygens (including phenoxy) is 1. The zero-order chi connectivity index (χ0) is 18.1. The number of hydrogen-bond donors (Lipinski definition) is 1. The van der Waals surface area contributed by atoms with Crippen LogP contribution in [0.4, 0.5) is 0 Å². The summed E-state index contributed by atoms with van der Waals surface area (Å²) in [5.74, 6) is 0.890. The number of pyridine rings is 1. The highest BCUT2D eigenvalue weighted by Gasteiger charge is 2.12. The van der Waals surface area contributed by atoms with Gasteiger partial charge in [-0.15, -0.1) is 35.3 Å². The molecule has 1 N–H and O–H groups in total. The third kappa shape index (κ3) is 7.16. The number of halogens is 1. The smallest absolute Gasteiger partial charge is 0.194 e. The van der Waals surface area contributed by atoms with Gasteiger partial charge in [-0.2, -0.15) is 0 Å². The van der Waals surface area contributed by atoms with Gasteiger partial charge in [-0.3, -0.25) is 9.98 Å². The lowest BCUT2D eigenvalue weighted by atomic mass is 10.2. The van der Waals surface area contributed by atoms with Crippen LogP contribution in [0.3, 0.4) is 0 Å². The highest BCUT2D eigenvalue weighted by Crippen LogP contribution is 2.20. The number of nitrogens with one attached hydrogen (secondary N) is 1. The lowest BCUT2D eigenvalue weighted by molar-refractivity contribution is 0.119. The summed E-state index contributed by atoms with van der Waals surface area (Å²) in [6, 6.07) is 4.03. The first-order valence-electron chi connectivity index (χ1n) is 8.49. The second-order valence-electron chi connectivity index (χ2n) is 5.76. The maximum atomic E-state index is 5.33. The molecule has 0 spiro atoms. The van der Waals surface area contributed by atoms with E-state index in [0.29, 0.717) is 6.54 Å². The molecule has 2 aromatic rings. The molecule has 144 valence electrons. The van der Waals surface area contributed by atoms with E-state index in [1.54, 1.807) is 24.6 Å². The summed E-state index contributed by atoms with van der Waals surface area (Å²) >= 11 is 1.63. The Morgan fingerprint density at radius 3 is 2.92 bits per heavy atom. The average Bonchev–Trinajstić information content (AvgIpc) is 3.09. The van der Waals surface area contributed by atoms with Crippen molar-refractivity contribution in [2.75, 3.05) is 27.2 Å². The first kappa shape index (κ1) is 22.8. The summed E-state index contributed by atoms with van der Waals surface area (Å²) < 4.78 is 5.33. The minimum Gasteiger partial charge on any atom is -0.375 e. The van der Waals surface area contributed by atoms with Crippen molar-refractivity contribution in [3.05, 3.63) is 46.2 Å². The zero-order valence-electron chi connectivity index (χ0n) is 15.8. The van der Waals surface area contributed by atoms with Crippen molar-refractivity contribution in [1.29, 1.82) is 0 Å². The Morgan fingerprint density at radius 2 is 2.27 bits per heavy atom. The van der Waals surface area contributed by atoms with Gasteiger partial charge in [0.1, 0.15) is 11.1 Å². The van der Waals surface area contributed by atoms with Crippen LogP contribution < -0.4 is 5.32 Å². The SMILES string of the molecule is CCNC(=NCCc1cccnc1)N(C)Cc1csc(C(C)OC)n1.I. The molecule has 0 aromatic carbocycles. The molecule has 0 fully saturated rings. The molecule has 6 nitrogen and oxygen atoms in total. The summed E-state index contributed by atoms with van der Waals surface area (Å²) in [6.45, 7) is 6.36. The molecular formula is C18H28IN5OS. The molecule has 0 aliphatic heterocycles. The van der Waals surface area contributed by atoms with Crippen molar-refractivity contribution in [2.24, 2.45) is 4.99 Å². The van der Waals surface area contributed by atoms with Gasteiger partial charge in [0.05, 0.1) is 12.2 Å². The van der Waals surface area contributed by atoms with E-state index in [-0.39, 0.29) is 30.1 Å². The Kier molecular flexibility index (Phi) is 10.7. The van der Waals surface area contributed by atoms with Crippen molar-refractivity contribution in [1.82, 2.24) is 20.2 Å². The molecule has 8 heteroatoms.